The maximum atomic E-state index is 11.4. The van der Waals surface area contributed by atoms with Gasteiger partial charge in [-0.1, -0.05) is 25.1 Å². The molecule has 1 aliphatic carbocycles. The quantitative estimate of drug-likeness (QED) is 0.823. The fraction of sp³-hybridized carbons (Fsp3) is 0.417. The van der Waals surface area contributed by atoms with Gasteiger partial charge in [0, 0.05) is 6.54 Å². The molecule has 0 saturated heterocycles. The fourth-order valence-electron chi connectivity index (χ4n) is 1.31. The minimum absolute atomic E-state index is 0.315. The van der Waals surface area contributed by atoms with Gasteiger partial charge in [-0.2, -0.15) is 0 Å². The second-order valence-corrected chi connectivity index (χ2v) is 4.37. The van der Waals surface area contributed by atoms with Crippen molar-refractivity contribution in [3.05, 3.63) is 30.3 Å². The average Bonchev–Trinajstić information content (AvgIpc) is 2.96. The van der Waals surface area contributed by atoms with Gasteiger partial charge in [0.1, 0.15) is 5.75 Å². The van der Waals surface area contributed by atoms with E-state index < -0.39 is 0 Å². The molecular weight excluding hydrogens is 190 g/mol. The fourth-order valence-corrected chi connectivity index (χ4v) is 1.31. The summed E-state index contributed by atoms with van der Waals surface area (Å²) in [5.74, 6) is 0.580. The number of carbonyl (C=O) groups excluding carboxylic acids is 1. The van der Waals surface area contributed by atoms with Crippen molar-refractivity contribution in [3.63, 3.8) is 0 Å². The van der Waals surface area contributed by atoms with Crippen molar-refractivity contribution in [1.82, 2.24) is 5.32 Å². The lowest BCUT2D eigenvalue weighted by atomic mass is 10.1. The molecule has 3 heteroatoms. The first-order valence-electron chi connectivity index (χ1n) is 5.19. The molecule has 0 aliphatic heterocycles. The van der Waals surface area contributed by atoms with Gasteiger partial charge < -0.3 is 10.1 Å². The van der Waals surface area contributed by atoms with Crippen LogP contribution in [0.3, 0.4) is 0 Å². The van der Waals surface area contributed by atoms with Crippen LogP contribution < -0.4 is 10.1 Å². The lowest BCUT2D eigenvalue weighted by Crippen LogP contribution is -2.31. The number of hydrogen-bond acceptors (Lipinski definition) is 2. The first kappa shape index (κ1) is 10.0. The van der Waals surface area contributed by atoms with Crippen molar-refractivity contribution >= 4 is 6.09 Å². The lowest BCUT2D eigenvalue weighted by Gasteiger charge is -2.10. The van der Waals surface area contributed by atoms with Gasteiger partial charge in [-0.25, -0.2) is 4.79 Å². The van der Waals surface area contributed by atoms with Crippen molar-refractivity contribution in [2.24, 2.45) is 5.41 Å². The number of rotatable bonds is 3. The molecule has 3 nitrogen and oxygen atoms in total. The minimum Gasteiger partial charge on any atom is -0.410 e. The topological polar surface area (TPSA) is 38.3 Å². The molecule has 0 unspecified atom stereocenters. The van der Waals surface area contributed by atoms with Gasteiger partial charge in [0.2, 0.25) is 0 Å². The predicted octanol–water partition coefficient (Wildman–Crippen LogP) is 2.58. The summed E-state index contributed by atoms with van der Waals surface area (Å²) in [6.07, 6.45) is 2.02. The molecule has 1 aromatic rings. The van der Waals surface area contributed by atoms with Crippen molar-refractivity contribution in [2.45, 2.75) is 19.8 Å². The largest absolute Gasteiger partial charge is 0.412 e. The summed E-state index contributed by atoms with van der Waals surface area (Å²) in [7, 11) is 0. The van der Waals surface area contributed by atoms with Gasteiger partial charge in [-0.15, -0.1) is 0 Å². The highest BCUT2D eigenvalue weighted by Crippen LogP contribution is 2.43. The van der Waals surface area contributed by atoms with Crippen LogP contribution in [-0.4, -0.2) is 12.6 Å². The highest BCUT2D eigenvalue weighted by Gasteiger charge is 2.37. The van der Waals surface area contributed by atoms with Crippen LogP contribution in [0.5, 0.6) is 5.75 Å². The van der Waals surface area contributed by atoms with Gasteiger partial charge in [0.15, 0.2) is 0 Å². The number of carbonyl (C=O) groups is 1. The smallest absolute Gasteiger partial charge is 0.410 e. The van der Waals surface area contributed by atoms with E-state index in [1.807, 2.05) is 18.2 Å². The van der Waals surface area contributed by atoms with E-state index in [0.29, 0.717) is 17.7 Å². The molecule has 2 rings (SSSR count). The van der Waals surface area contributed by atoms with Crippen LogP contribution in [0.2, 0.25) is 0 Å². The Balaban J connectivity index is 1.77. The van der Waals surface area contributed by atoms with Crippen molar-refractivity contribution < 1.29 is 9.53 Å². The third-order valence-electron chi connectivity index (χ3n) is 2.72. The first-order chi connectivity index (χ1) is 7.18. The Morgan fingerprint density at radius 2 is 2.07 bits per heavy atom. The Kier molecular flexibility index (Phi) is 2.62. The zero-order valence-electron chi connectivity index (χ0n) is 8.82. The van der Waals surface area contributed by atoms with E-state index in [0.717, 1.165) is 0 Å². The van der Waals surface area contributed by atoms with Crippen LogP contribution in [-0.2, 0) is 0 Å². The standard InChI is InChI=1S/C12H15NO2/c1-12(7-8-12)9-13-11(14)15-10-5-3-2-4-6-10/h2-6H,7-9H2,1H3,(H,13,14). The summed E-state index contributed by atoms with van der Waals surface area (Å²) < 4.78 is 5.09. The molecule has 1 fully saturated rings. The van der Waals surface area contributed by atoms with Crippen LogP contribution in [0.1, 0.15) is 19.8 Å². The Morgan fingerprint density at radius 1 is 1.40 bits per heavy atom. The summed E-state index contributed by atoms with van der Waals surface area (Å²) in [5, 5.41) is 2.77. The van der Waals surface area contributed by atoms with Crippen molar-refractivity contribution in [3.8, 4) is 5.75 Å². The summed E-state index contributed by atoms with van der Waals surface area (Å²) in [4.78, 5) is 11.4. The van der Waals surface area contributed by atoms with E-state index in [2.05, 4.69) is 12.2 Å². The predicted molar refractivity (Wildman–Crippen MR) is 57.8 cm³/mol. The molecule has 1 amide bonds. The molecule has 0 radical (unpaired) electrons. The molecule has 1 saturated carbocycles. The second-order valence-electron chi connectivity index (χ2n) is 4.37. The van der Waals surface area contributed by atoms with E-state index in [-0.39, 0.29) is 6.09 Å². The molecule has 0 aromatic heterocycles. The molecule has 15 heavy (non-hydrogen) atoms. The SMILES string of the molecule is CC1(CNC(=O)Oc2ccccc2)CC1. The molecule has 0 heterocycles. The Labute approximate surface area is 89.4 Å². The first-order valence-corrected chi connectivity index (χ1v) is 5.19. The maximum absolute atomic E-state index is 11.4. The van der Waals surface area contributed by atoms with Crippen LogP contribution >= 0.6 is 0 Å². The molecule has 0 atom stereocenters. The normalized spacial score (nSPS) is 16.9. The van der Waals surface area contributed by atoms with Gasteiger partial charge in [0.05, 0.1) is 0 Å². The molecule has 0 spiro atoms. The van der Waals surface area contributed by atoms with E-state index in [1.165, 1.54) is 12.8 Å². The monoisotopic (exact) mass is 205 g/mol. The van der Waals surface area contributed by atoms with E-state index >= 15 is 0 Å². The van der Waals surface area contributed by atoms with Crippen LogP contribution in [0, 0.1) is 5.41 Å². The molecule has 1 N–H and O–H groups in total. The maximum Gasteiger partial charge on any atom is 0.412 e. The number of para-hydroxylation sites is 1. The zero-order chi connectivity index (χ0) is 10.7. The zero-order valence-corrected chi connectivity index (χ0v) is 8.82. The van der Waals surface area contributed by atoms with Crippen LogP contribution in [0.25, 0.3) is 0 Å². The van der Waals surface area contributed by atoms with Gasteiger partial charge in [-0.3, -0.25) is 0 Å². The summed E-state index contributed by atoms with van der Waals surface area (Å²) in [5.41, 5.74) is 0.315. The molecule has 1 aromatic carbocycles. The molecule has 1 aliphatic rings. The van der Waals surface area contributed by atoms with Gasteiger partial charge in [0.25, 0.3) is 0 Å². The highest BCUT2D eigenvalue weighted by molar-refractivity contribution is 5.70. The number of amides is 1. The Bertz CT molecular complexity index is 344. The highest BCUT2D eigenvalue weighted by atomic mass is 16.6. The molecule has 80 valence electrons. The van der Waals surface area contributed by atoms with Crippen LogP contribution in [0.15, 0.2) is 30.3 Å². The van der Waals surface area contributed by atoms with Gasteiger partial charge in [-0.05, 0) is 30.4 Å². The molecule has 0 bridgehead atoms. The van der Waals surface area contributed by atoms with Crippen molar-refractivity contribution in [2.75, 3.05) is 6.54 Å². The summed E-state index contributed by atoms with van der Waals surface area (Å²) in [6, 6.07) is 9.09. The van der Waals surface area contributed by atoms with Crippen LogP contribution in [0.4, 0.5) is 4.79 Å². The number of benzene rings is 1. The number of hydrogen-bond donors (Lipinski definition) is 1. The summed E-state index contributed by atoms with van der Waals surface area (Å²) in [6.45, 7) is 2.87. The molecular formula is C12H15NO2. The second kappa shape index (κ2) is 3.93. The lowest BCUT2D eigenvalue weighted by molar-refractivity contribution is 0.198. The Hall–Kier alpha value is -1.51. The third-order valence-corrected chi connectivity index (χ3v) is 2.72. The number of nitrogens with one attached hydrogen (secondary N) is 1. The third kappa shape index (κ3) is 2.98. The minimum atomic E-state index is -0.366. The average molecular weight is 205 g/mol. The van der Waals surface area contributed by atoms with E-state index in [1.54, 1.807) is 12.1 Å². The van der Waals surface area contributed by atoms with Gasteiger partial charge >= 0.3 is 6.09 Å². The van der Waals surface area contributed by atoms with Crippen molar-refractivity contribution in [1.29, 1.82) is 0 Å². The Morgan fingerprint density at radius 3 is 2.67 bits per heavy atom. The number of ether oxygens (including phenoxy) is 1. The van der Waals surface area contributed by atoms with E-state index in [9.17, 15) is 4.79 Å². The van der Waals surface area contributed by atoms with E-state index in [4.69, 9.17) is 4.74 Å². The summed E-state index contributed by atoms with van der Waals surface area (Å²) >= 11 is 0.